The Morgan fingerprint density at radius 1 is 1.45 bits per heavy atom. The predicted molar refractivity (Wildman–Crippen MR) is 69.6 cm³/mol. The molecule has 106 valence electrons. The first-order chi connectivity index (χ1) is 9.47. The fourth-order valence-corrected chi connectivity index (χ4v) is 1.44. The van der Waals surface area contributed by atoms with Gasteiger partial charge in [0.25, 0.3) is 5.69 Å². The quantitative estimate of drug-likeness (QED) is 0.483. The molecule has 0 heterocycles. The van der Waals surface area contributed by atoms with Crippen molar-refractivity contribution in [1.82, 2.24) is 0 Å². The standard InChI is InChI=1S/C12H12N2O6/c1-2-7-20-12(17)13(8-11(15)16)9-5-3-4-6-10(9)14(18)19/h2-6H,1,7-8H2,(H,15,16). The lowest BCUT2D eigenvalue weighted by Gasteiger charge is -2.19. The number of amides is 1. The van der Waals surface area contributed by atoms with Crippen molar-refractivity contribution in [2.75, 3.05) is 18.1 Å². The van der Waals surface area contributed by atoms with Crippen LogP contribution in [0, 0.1) is 10.1 Å². The second kappa shape index (κ2) is 6.88. The summed E-state index contributed by atoms with van der Waals surface area (Å²) in [6, 6.07) is 5.31. The molecule has 8 heteroatoms. The molecular weight excluding hydrogens is 268 g/mol. The van der Waals surface area contributed by atoms with E-state index in [9.17, 15) is 19.7 Å². The molecule has 1 amide bonds. The lowest BCUT2D eigenvalue weighted by molar-refractivity contribution is -0.384. The van der Waals surface area contributed by atoms with E-state index >= 15 is 0 Å². The van der Waals surface area contributed by atoms with Gasteiger partial charge in [-0.1, -0.05) is 24.8 Å². The monoisotopic (exact) mass is 280 g/mol. The smallest absolute Gasteiger partial charge is 0.415 e. The molecule has 20 heavy (non-hydrogen) atoms. The van der Waals surface area contributed by atoms with Gasteiger partial charge in [-0.2, -0.15) is 0 Å². The molecule has 0 radical (unpaired) electrons. The normalized spacial score (nSPS) is 9.60. The molecule has 0 unspecified atom stereocenters. The van der Waals surface area contributed by atoms with Gasteiger partial charge in [0.15, 0.2) is 0 Å². The van der Waals surface area contributed by atoms with E-state index in [0.29, 0.717) is 4.90 Å². The number of hydrogen-bond acceptors (Lipinski definition) is 5. The molecule has 0 aromatic heterocycles. The lowest BCUT2D eigenvalue weighted by atomic mass is 10.2. The van der Waals surface area contributed by atoms with Gasteiger partial charge < -0.3 is 9.84 Å². The third kappa shape index (κ3) is 3.80. The van der Waals surface area contributed by atoms with Gasteiger partial charge in [-0.15, -0.1) is 0 Å². The summed E-state index contributed by atoms with van der Waals surface area (Å²) in [6.07, 6.45) is 0.303. The molecule has 1 N–H and O–H groups in total. The molecule has 0 bridgehead atoms. The molecule has 0 aliphatic heterocycles. The van der Waals surface area contributed by atoms with Gasteiger partial charge in [-0.05, 0) is 6.07 Å². The summed E-state index contributed by atoms with van der Waals surface area (Å²) >= 11 is 0. The van der Waals surface area contributed by atoms with Crippen LogP contribution in [0.15, 0.2) is 36.9 Å². The number of para-hydroxylation sites is 2. The van der Waals surface area contributed by atoms with Crippen LogP contribution in [-0.4, -0.2) is 35.2 Å². The van der Waals surface area contributed by atoms with Crippen LogP contribution < -0.4 is 4.90 Å². The largest absolute Gasteiger partial charge is 0.480 e. The lowest BCUT2D eigenvalue weighted by Crippen LogP contribution is -2.36. The van der Waals surface area contributed by atoms with Crippen molar-refractivity contribution in [3.8, 4) is 0 Å². The van der Waals surface area contributed by atoms with Crippen LogP contribution in [0.3, 0.4) is 0 Å². The number of carboxylic acids is 1. The van der Waals surface area contributed by atoms with Crippen molar-refractivity contribution in [2.24, 2.45) is 0 Å². The third-order valence-corrected chi connectivity index (χ3v) is 2.21. The van der Waals surface area contributed by atoms with Crippen molar-refractivity contribution >= 4 is 23.4 Å². The molecule has 8 nitrogen and oxygen atoms in total. The zero-order chi connectivity index (χ0) is 15.1. The Morgan fingerprint density at radius 2 is 2.10 bits per heavy atom. The number of carbonyl (C=O) groups is 2. The number of rotatable bonds is 6. The number of carboxylic acid groups (broad SMARTS) is 1. The van der Waals surface area contributed by atoms with Crippen LogP contribution in [-0.2, 0) is 9.53 Å². The van der Waals surface area contributed by atoms with Crippen LogP contribution >= 0.6 is 0 Å². The third-order valence-electron chi connectivity index (χ3n) is 2.21. The number of ether oxygens (including phenoxy) is 1. The van der Waals surface area contributed by atoms with Crippen LogP contribution in [0.5, 0.6) is 0 Å². The number of benzene rings is 1. The van der Waals surface area contributed by atoms with Crippen molar-refractivity contribution < 1.29 is 24.4 Å². The Balaban J connectivity index is 3.16. The summed E-state index contributed by atoms with van der Waals surface area (Å²) in [4.78, 5) is 33.5. The Bertz CT molecular complexity index is 543. The highest BCUT2D eigenvalue weighted by molar-refractivity contribution is 5.95. The molecule has 0 fully saturated rings. The van der Waals surface area contributed by atoms with Crippen molar-refractivity contribution in [3.63, 3.8) is 0 Å². The first kappa shape index (κ1) is 15.2. The maximum atomic E-state index is 11.8. The van der Waals surface area contributed by atoms with E-state index in [0.717, 1.165) is 0 Å². The van der Waals surface area contributed by atoms with Crippen LogP contribution in [0.2, 0.25) is 0 Å². The predicted octanol–water partition coefficient (Wildman–Crippen LogP) is 1.81. The summed E-state index contributed by atoms with van der Waals surface area (Å²) in [6.45, 7) is 2.47. The number of nitro benzene ring substituents is 1. The van der Waals surface area contributed by atoms with Gasteiger partial charge in [0.1, 0.15) is 18.8 Å². The average Bonchev–Trinajstić information content (AvgIpc) is 2.41. The van der Waals surface area contributed by atoms with Crippen molar-refractivity contribution in [2.45, 2.75) is 0 Å². The molecule has 0 aliphatic rings. The molecule has 0 saturated heterocycles. The number of anilines is 1. The molecule has 0 spiro atoms. The van der Waals surface area contributed by atoms with Crippen LogP contribution in [0.4, 0.5) is 16.2 Å². The Labute approximate surface area is 114 Å². The molecule has 0 aliphatic carbocycles. The number of carbonyl (C=O) groups excluding carboxylic acids is 1. The van der Waals surface area contributed by atoms with Gasteiger partial charge in [-0.25, -0.2) is 4.79 Å². The highest BCUT2D eigenvalue weighted by atomic mass is 16.6. The minimum absolute atomic E-state index is 0.129. The van der Waals surface area contributed by atoms with E-state index in [1.165, 1.54) is 30.3 Å². The number of hydrogen-bond donors (Lipinski definition) is 1. The first-order valence-corrected chi connectivity index (χ1v) is 5.47. The summed E-state index contributed by atoms with van der Waals surface area (Å²) < 4.78 is 4.73. The zero-order valence-electron chi connectivity index (χ0n) is 10.4. The number of aliphatic carboxylic acids is 1. The van der Waals surface area contributed by atoms with E-state index in [1.807, 2.05) is 0 Å². The minimum Gasteiger partial charge on any atom is -0.480 e. The Kier molecular flexibility index (Phi) is 5.21. The molecule has 1 rings (SSSR count). The second-order valence-corrected chi connectivity index (χ2v) is 3.59. The molecule has 1 aromatic rings. The van der Waals surface area contributed by atoms with Gasteiger partial charge in [0.05, 0.1) is 4.92 Å². The topological polar surface area (TPSA) is 110 Å². The minimum atomic E-state index is -1.32. The van der Waals surface area contributed by atoms with Crippen LogP contribution in [0.25, 0.3) is 0 Å². The maximum Gasteiger partial charge on any atom is 0.415 e. The molecule has 0 saturated carbocycles. The summed E-state index contributed by atoms with van der Waals surface area (Å²) in [5, 5.41) is 19.7. The van der Waals surface area contributed by atoms with E-state index in [2.05, 4.69) is 6.58 Å². The summed E-state index contributed by atoms with van der Waals surface area (Å²) in [7, 11) is 0. The SMILES string of the molecule is C=CCOC(=O)N(CC(=O)O)c1ccccc1[N+](=O)[O-]. The Hall–Kier alpha value is -2.90. The number of nitrogens with zero attached hydrogens (tertiary/aromatic N) is 2. The fourth-order valence-electron chi connectivity index (χ4n) is 1.44. The Morgan fingerprint density at radius 3 is 2.65 bits per heavy atom. The van der Waals surface area contributed by atoms with E-state index in [4.69, 9.17) is 9.84 Å². The summed E-state index contributed by atoms with van der Waals surface area (Å²) in [5.41, 5.74) is -0.529. The van der Waals surface area contributed by atoms with Gasteiger partial charge in [0.2, 0.25) is 0 Å². The van der Waals surface area contributed by atoms with E-state index in [1.54, 1.807) is 0 Å². The van der Waals surface area contributed by atoms with Crippen molar-refractivity contribution in [1.29, 1.82) is 0 Å². The summed E-state index contributed by atoms with van der Waals surface area (Å²) in [5.74, 6) is -1.32. The van der Waals surface area contributed by atoms with Gasteiger partial charge >= 0.3 is 12.1 Å². The first-order valence-electron chi connectivity index (χ1n) is 5.47. The molecule has 0 atom stereocenters. The van der Waals surface area contributed by atoms with Crippen molar-refractivity contribution in [3.05, 3.63) is 47.0 Å². The molecule has 1 aromatic carbocycles. The highest BCUT2D eigenvalue weighted by Gasteiger charge is 2.26. The number of nitro groups is 1. The van der Waals surface area contributed by atoms with E-state index < -0.39 is 23.5 Å². The zero-order valence-corrected chi connectivity index (χ0v) is 10.4. The van der Waals surface area contributed by atoms with Gasteiger partial charge in [0, 0.05) is 6.07 Å². The van der Waals surface area contributed by atoms with Gasteiger partial charge in [-0.3, -0.25) is 19.8 Å². The highest BCUT2D eigenvalue weighted by Crippen LogP contribution is 2.27. The average molecular weight is 280 g/mol. The van der Waals surface area contributed by atoms with Crippen LogP contribution in [0.1, 0.15) is 0 Å². The molecular formula is C12H12N2O6. The second-order valence-electron chi connectivity index (χ2n) is 3.59. The van der Waals surface area contributed by atoms with E-state index in [-0.39, 0.29) is 18.0 Å². The maximum absolute atomic E-state index is 11.8. The fraction of sp³-hybridized carbons (Fsp3) is 0.167.